The first-order valence-electron chi connectivity index (χ1n) is 7.32. The normalized spacial score (nSPS) is 34.5. The van der Waals surface area contributed by atoms with Crippen LogP contribution in [0.2, 0.25) is 0 Å². The van der Waals surface area contributed by atoms with Gasteiger partial charge in [0.05, 0.1) is 5.60 Å². The van der Waals surface area contributed by atoms with Crippen LogP contribution in [0.5, 0.6) is 0 Å². The number of alkyl halides is 2. The first-order valence-corrected chi connectivity index (χ1v) is 7.32. The Morgan fingerprint density at radius 1 is 1.15 bits per heavy atom. The summed E-state index contributed by atoms with van der Waals surface area (Å²) < 4.78 is 25.2. The van der Waals surface area contributed by atoms with Crippen molar-refractivity contribution in [2.45, 2.75) is 56.2 Å². The highest BCUT2D eigenvalue weighted by atomic mass is 19.3. The van der Waals surface area contributed by atoms with Gasteiger partial charge >= 0.3 is 0 Å². The third-order valence-corrected chi connectivity index (χ3v) is 5.07. The molecule has 0 aliphatic carbocycles. The van der Waals surface area contributed by atoms with Crippen LogP contribution in [0.4, 0.5) is 8.78 Å². The van der Waals surface area contributed by atoms with Crippen molar-refractivity contribution in [1.29, 1.82) is 0 Å². The second-order valence-corrected chi connectivity index (χ2v) is 6.27. The quantitative estimate of drug-likeness (QED) is 0.897. The standard InChI is InChI=1S/C16H21F2NO/c1-19-13-3-2-4-14(19)10-16(20,9-13)12-7-5-11(6-8-12)15(17)18/h5-8,13-15,20H,2-4,9-10H2,1H3. The van der Waals surface area contributed by atoms with E-state index in [9.17, 15) is 13.9 Å². The molecule has 110 valence electrons. The van der Waals surface area contributed by atoms with E-state index < -0.39 is 12.0 Å². The number of aliphatic hydroxyl groups is 1. The lowest BCUT2D eigenvalue weighted by molar-refractivity contribution is -0.0875. The van der Waals surface area contributed by atoms with Crippen LogP contribution in [0.25, 0.3) is 0 Å². The fourth-order valence-electron chi connectivity index (χ4n) is 3.82. The fourth-order valence-corrected chi connectivity index (χ4v) is 3.82. The molecule has 1 aromatic carbocycles. The molecule has 2 saturated heterocycles. The Balaban J connectivity index is 1.85. The van der Waals surface area contributed by atoms with E-state index >= 15 is 0 Å². The molecule has 20 heavy (non-hydrogen) atoms. The number of piperidine rings is 2. The highest BCUT2D eigenvalue weighted by Crippen LogP contribution is 2.43. The molecule has 0 aromatic heterocycles. The van der Waals surface area contributed by atoms with Crippen molar-refractivity contribution >= 4 is 0 Å². The number of rotatable bonds is 2. The molecule has 2 aliphatic heterocycles. The van der Waals surface area contributed by atoms with Gasteiger partial charge in [-0.15, -0.1) is 0 Å². The molecule has 2 unspecified atom stereocenters. The topological polar surface area (TPSA) is 23.5 Å². The lowest BCUT2D eigenvalue weighted by Gasteiger charge is -2.50. The van der Waals surface area contributed by atoms with Gasteiger partial charge in [-0.05, 0) is 38.3 Å². The minimum absolute atomic E-state index is 0.0190. The molecule has 2 aliphatic rings. The minimum atomic E-state index is -2.45. The average Bonchev–Trinajstić information content (AvgIpc) is 2.41. The lowest BCUT2D eigenvalue weighted by atomic mass is 9.73. The molecule has 0 amide bonds. The van der Waals surface area contributed by atoms with E-state index in [1.54, 1.807) is 12.1 Å². The number of halogens is 2. The molecular formula is C16H21F2NO. The van der Waals surface area contributed by atoms with E-state index in [0.717, 1.165) is 18.4 Å². The van der Waals surface area contributed by atoms with Gasteiger partial charge in [-0.3, -0.25) is 0 Å². The van der Waals surface area contributed by atoms with E-state index in [1.807, 2.05) is 0 Å². The SMILES string of the molecule is CN1C2CCCC1CC(O)(c1ccc(C(F)F)cc1)C2. The number of benzene rings is 1. The molecule has 2 atom stereocenters. The number of hydrogen-bond donors (Lipinski definition) is 1. The van der Waals surface area contributed by atoms with Crippen LogP contribution in [0.1, 0.15) is 49.7 Å². The minimum Gasteiger partial charge on any atom is -0.385 e. The summed E-state index contributed by atoms with van der Waals surface area (Å²) in [4.78, 5) is 2.38. The maximum Gasteiger partial charge on any atom is 0.263 e. The van der Waals surface area contributed by atoms with Crippen molar-refractivity contribution in [3.8, 4) is 0 Å². The van der Waals surface area contributed by atoms with E-state index in [2.05, 4.69) is 11.9 Å². The Labute approximate surface area is 118 Å². The average molecular weight is 281 g/mol. The molecule has 2 fully saturated rings. The molecule has 0 radical (unpaired) electrons. The van der Waals surface area contributed by atoms with Gasteiger partial charge in [-0.2, -0.15) is 0 Å². The highest BCUT2D eigenvalue weighted by Gasteiger charge is 2.44. The van der Waals surface area contributed by atoms with Crippen molar-refractivity contribution in [2.24, 2.45) is 0 Å². The van der Waals surface area contributed by atoms with E-state index in [0.29, 0.717) is 24.9 Å². The maximum atomic E-state index is 12.6. The van der Waals surface area contributed by atoms with Gasteiger partial charge < -0.3 is 10.0 Å². The predicted octanol–water partition coefficient (Wildman–Crippen LogP) is 3.46. The summed E-state index contributed by atoms with van der Waals surface area (Å²) in [5, 5.41) is 11.0. The molecule has 2 heterocycles. The smallest absolute Gasteiger partial charge is 0.263 e. The zero-order chi connectivity index (χ0) is 14.3. The first kappa shape index (κ1) is 14.0. The first-order chi connectivity index (χ1) is 9.49. The molecule has 2 nitrogen and oxygen atoms in total. The van der Waals surface area contributed by atoms with Crippen LogP contribution >= 0.6 is 0 Å². The van der Waals surface area contributed by atoms with E-state index in [1.165, 1.54) is 18.6 Å². The van der Waals surface area contributed by atoms with Gasteiger partial charge in [0, 0.05) is 17.6 Å². The van der Waals surface area contributed by atoms with Crippen LogP contribution in [0.3, 0.4) is 0 Å². The van der Waals surface area contributed by atoms with Crippen molar-refractivity contribution in [3.63, 3.8) is 0 Å². The largest absolute Gasteiger partial charge is 0.385 e. The van der Waals surface area contributed by atoms with Crippen LogP contribution in [0, 0.1) is 0 Å². The van der Waals surface area contributed by atoms with Crippen LogP contribution in [0.15, 0.2) is 24.3 Å². The summed E-state index contributed by atoms with van der Waals surface area (Å²) in [6.45, 7) is 0. The van der Waals surface area contributed by atoms with E-state index in [4.69, 9.17) is 0 Å². The van der Waals surface area contributed by atoms with Crippen LogP contribution in [-0.2, 0) is 5.60 Å². The Morgan fingerprint density at radius 2 is 1.70 bits per heavy atom. The molecule has 1 aromatic rings. The van der Waals surface area contributed by atoms with Crippen LogP contribution in [-0.4, -0.2) is 29.1 Å². The summed E-state index contributed by atoms with van der Waals surface area (Å²) in [5.41, 5.74) is -0.0551. The highest BCUT2D eigenvalue weighted by molar-refractivity contribution is 5.29. The molecule has 1 N–H and O–H groups in total. The summed E-state index contributed by atoms with van der Waals surface area (Å²) in [6.07, 6.45) is 2.41. The second-order valence-electron chi connectivity index (χ2n) is 6.27. The van der Waals surface area contributed by atoms with Gasteiger partial charge in [0.1, 0.15) is 0 Å². The molecule has 4 heteroatoms. The fraction of sp³-hybridized carbons (Fsp3) is 0.625. The van der Waals surface area contributed by atoms with Crippen molar-refractivity contribution in [2.75, 3.05) is 7.05 Å². The molecule has 0 spiro atoms. The summed E-state index contributed by atoms with van der Waals surface area (Å²) in [6, 6.07) is 7.02. The third-order valence-electron chi connectivity index (χ3n) is 5.07. The second kappa shape index (κ2) is 5.08. The van der Waals surface area contributed by atoms with Gasteiger partial charge in [0.15, 0.2) is 0 Å². The summed E-state index contributed by atoms with van der Waals surface area (Å²) in [5.74, 6) is 0. The monoisotopic (exact) mass is 281 g/mol. The van der Waals surface area contributed by atoms with Gasteiger partial charge in [-0.1, -0.05) is 30.7 Å². The van der Waals surface area contributed by atoms with Crippen molar-refractivity contribution in [1.82, 2.24) is 4.90 Å². The molecule has 3 rings (SSSR count). The summed E-state index contributed by atoms with van der Waals surface area (Å²) in [7, 11) is 2.13. The van der Waals surface area contributed by atoms with Gasteiger partial charge in [-0.25, -0.2) is 8.78 Å². The van der Waals surface area contributed by atoms with Crippen LogP contribution < -0.4 is 0 Å². The zero-order valence-corrected chi connectivity index (χ0v) is 11.7. The lowest BCUT2D eigenvalue weighted by Crippen LogP contribution is -2.55. The Kier molecular flexibility index (Phi) is 3.55. The third kappa shape index (κ3) is 2.35. The van der Waals surface area contributed by atoms with Gasteiger partial charge in [0.25, 0.3) is 6.43 Å². The Morgan fingerprint density at radius 3 is 2.20 bits per heavy atom. The Hall–Kier alpha value is -1.00. The van der Waals surface area contributed by atoms with Crippen molar-refractivity contribution in [3.05, 3.63) is 35.4 Å². The van der Waals surface area contributed by atoms with E-state index in [-0.39, 0.29) is 5.56 Å². The number of fused-ring (bicyclic) bond motifs is 2. The summed E-state index contributed by atoms with van der Waals surface area (Å²) >= 11 is 0. The molecule has 2 bridgehead atoms. The maximum absolute atomic E-state index is 12.6. The Bertz CT molecular complexity index is 460. The molecular weight excluding hydrogens is 260 g/mol. The molecule has 0 saturated carbocycles. The number of nitrogens with zero attached hydrogens (tertiary/aromatic N) is 1. The van der Waals surface area contributed by atoms with Gasteiger partial charge in [0.2, 0.25) is 0 Å². The number of hydrogen-bond acceptors (Lipinski definition) is 2. The predicted molar refractivity (Wildman–Crippen MR) is 73.7 cm³/mol. The van der Waals surface area contributed by atoms with Crippen molar-refractivity contribution < 1.29 is 13.9 Å². The zero-order valence-electron chi connectivity index (χ0n) is 11.7.